The van der Waals surface area contributed by atoms with Gasteiger partial charge in [0.15, 0.2) is 0 Å². The molecule has 0 heterocycles. The Labute approximate surface area is 117 Å². The van der Waals surface area contributed by atoms with Crippen molar-refractivity contribution in [3.63, 3.8) is 0 Å². The molecule has 1 unspecified atom stereocenters. The van der Waals surface area contributed by atoms with Gasteiger partial charge in [0.1, 0.15) is 0 Å². The number of carbonyl (C=O) groups is 1. The number of halogens is 1. The van der Waals surface area contributed by atoms with Gasteiger partial charge in [-0.15, -0.1) is 0 Å². The van der Waals surface area contributed by atoms with Gasteiger partial charge in [-0.05, 0) is 60.2 Å². The summed E-state index contributed by atoms with van der Waals surface area (Å²) in [7, 11) is 0. The Morgan fingerprint density at radius 1 is 1.35 bits per heavy atom. The molecule has 0 bridgehead atoms. The van der Waals surface area contributed by atoms with Crippen LogP contribution in [0.25, 0.3) is 0 Å². The SMILES string of the molecule is CCCC(C)NC(=O)CNc1ccc(I)cc1. The van der Waals surface area contributed by atoms with Gasteiger partial charge in [0.25, 0.3) is 0 Å². The molecule has 0 aromatic heterocycles. The second-order valence-electron chi connectivity index (χ2n) is 4.12. The van der Waals surface area contributed by atoms with Crippen molar-refractivity contribution in [1.82, 2.24) is 5.32 Å². The molecule has 4 heteroatoms. The van der Waals surface area contributed by atoms with Gasteiger partial charge in [0.2, 0.25) is 5.91 Å². The van der Waals surface area contributed by atoms with Crippen molar-refractivity contribution in [2.24, 2.45) is 0 Å². The van der Waals surface area contributed by atoms with Gasteiger partial charge >= 0.3 is 0 Å². The van der Waals surface area contributed by atoms with E-state index >= 15 is 0 Å². The number of carbonyl (C=O) groups excluding carboxylic acids is 1. The zero-order chi connectivity index (χ0) is 12.7. The molecular formula is C13H19IN2O. The van der Waals surface area contributed by atoms with Crippen LogP contribution >= 0.6 is 22.6 Å². The fourth-order valence-corrected chi connectivity index (χ4v) is 1.94. The largest absolute Gasteiger partial charge is 0.376 e. The lowest BCUT2D eigenvalue weighted by Crippen LogP contribution is -2.36. The number of hydrogen-bond donors (Lipinski definition) is 2. The summed E-state index contributed by atoms with van der Waals surface area (Å²) >= 11 is 2.26. The van der Waals surface area contributed by atoms with Crippen molar-refractivity contribution < 1.29 is 4.79 Å². The van der Waals surface area contributed by atoms with E-state index in [1.165, 1.54) is 3.57 Å². The van der Waals surface area contributed by atoms with Crippen molar-refractivity contribution in [3.8, 4) is 0 Å². The van der Waals surface area contributed by atoms with E-state index in [0.29, 0.717) is 6.54 Å². The van der Waals surface area contributed by atoms with Crippen molar-refractivity contribution in [1.29, 1.82) is 0 Å². The first-order valence-corrected chi connectivity index (χ1v) is 6.98. The number of hydrogen-bond acceptors (Lipinski definition) is 2. The molecule has 1 aromatic rings. The Kier molecular flexibility index (Phi) is 6.32. The van der Waals surface area contributed by atoms with Gasteiger partial charge in [-0.1, -0.05) is 13.3 Å². The molecule has 1 aromatic carbocycles. The maximum Gasteiger partial charge on any atom is 0.239 e. The summed E-state index contributed by atoms with van der Waals surface area (Å²) in [6, 6.07) is 8.24. The van der Waals surface area contributed by atoms with Gasteiger partial charge in [-0.25, -0.2) is 0 Å². The smallest absolute Gasteiger partial charge is 0.239 e. The van der Waals surface area contributed by atoms with Crippen LogP contribution in [0.4, 0.5) is 5.69 Å². The highest BCUT2D eigenvalue weighted by atomic mass is 127. The van der Waals surface area contributed by atoms with Crippen LogP contribution in [0.5, 0.6) is 0 Å². The summed E-state index contributed by atoms with van der Waals surface area (Å²) in [4.78, 5) is 11.6. The highest BCUT2D eigenvalue weighted by molar-refractivity contribution is 14.1. The predicted octanol–water partition coefficient (Wildman–Crippen LogP) is 3.01. The van der Waals surface area contributed by atoms with E-state index in [-0.39, 0.29) is 11.9 Å². The number of nitrogens with one attached hydrogen (secondary N) is 2. The molecule has 1 rings (SSSR count). The van der Waals surface area contributed by atoms with E-state index in [1.807, 2.05) is 31.2 Å². The highest BCUT2D eigenvalue weighted by Gasteiger charge is 2.05. The van der Waals surface area contributed by atoms with Crippen molar-refractivity contribution in [2.45, 2.75) is 32.7 Å². The topological polar surface area (TPSA) is 41.1 Å². The second kappa shape index (κ2) is 7.53. The van der Waals surface area contributed by atoms with E-state index in [1.54, 1.807) is 0 Å². The third-order valence-electron chi connectivity index (χ3n) is 2.43. The molecule has 0 saturated heterocycles. The van der Waals surface area contributed by atoms with Gasteiger partial charge in [0, 0.05) is 15.3 Å². The molecule has 2 N–H and O–H groups in total. The molecule has 1 atom stereocenters. The summed E-state index contributed by atoms with van der Waals surface area (Å²) in [5.74, 6) is 0.0458. The average Bonchev–Trinajstić information content (AvgIpc) is 2.28. The molecule has 3 nitrogen and oxygen atoms in total. The molecule has 0 aliphatic carbocycles. The molecule has 17 heavy (non-hydrogen) atoms. The standard InChI is InChI=1S/C13H19IN2O/c1-3-4-10(2)16-13(17)9-15-12-7-5-11(14)6-8-12/h5-8,10,15H,3-4,9H2,1-2H3,(H,16,17). The summed E-state index contributed by atoms with van der Waals surface area (Å²) in [5.41, 5.74) is 0.976. The first-order chi connectivity index (χ1) is 8.11. The minimum Gasteiger partial charge on any atom is -0.376 e. The first-order valence-electron chi connectivity index (χ1n) is 5.90. The summed E-state index contributed by atoms with van der Waals surface area (Å²) < 4.78 is 1.19. The number of anilines is 1. The highest BCUT2D eigenvalue weighted by Crippen LogP contribution is 2.10. The van der Waals surface area contributed by atoms with Crippen molar-refractivity contribution in [2.75, 3.05) is 11.9 Å². The number of amides is 1. The summed E-state index contributed by atoms with van der Waals surface area (Å²) in [5, 5.41) is 6.06. The van der Waals surface area contributed by atoms with Crippen LogP contribution in [0, 0.1) is 3.57 Å². The quantitative estimate of drug-likeness (QED) is 0.778. The molecule has 0 saturated carbocycles. The van der Waals surface area contributed by atoms with Crippen LogP contribution < -0.4 is 10.6 Å². The van der Waals surface area contributed by atoms with E-state index in [2.05, 4.69) is 40.1 Å². The van der Waals surface area contributed by atoms with Crippen LogP contribution in [-0.2, 0) is 4.79 Å². The van der Waals surface area contributed by atoms with Gasteiger partial charge in [0.05, 0.1) is 6.54 Å². The van der Waals surface area contributed by atoms with Crippen LogP contribution in [0.3, 0.4) is 0 Å². The lowest BCUT2D eigenvalue weighted by Gasteiger charge is -2.13. The van der Waals surface area contributed by atoms with E-state index in [4.69, 9.17) is 0 Å². The normalized spacial score (nSPS) is 11.9. The Balaban J connectivity index is 2.30. The third kappa shape index (κ3) is 5.91. The second-order valence-corrected chi connectivity index (χ2v) is 5.36. The van der Waals surface area contributed by atoms with Crippen LogP contribution in [0.15, 0.2) is 24.3 Å². The molecular weight excluding hydrogens is 327 g/mol. The van der Waals surface area contributed by atoms with Gasteiger partial charge in [-0.3, -0.25) is 4.79 Å². The fraction of sp³-hybridized carbons (Fsp3) is 0.462. The fourth-order valence-electron chi connectivity index (χ4n) is 1.58. The average molecular weight is 346 g/mol. The molecule has 0 aliphatic rings. The molecule has 0 spiro atoms. The van der Waals surface area contributed by atoms with Crippen LogP contribution in [0.1, 0.15) is 26.7 Å². The summed E-state index contributed by atoms with van der Waals surface area (Å²) in [6.07, 6.45) is 2.11. The molecule has 1 amide bonds. The Morgan fingerprint density at radius 2 is 2.00 bits per heavy atom. The molecule has 0 aliphatic heterocycles. The van der Waals surface area contributed by atoms with Crippen LogP contribution in [0.2, 0.25) is 0 Å². The number of rotatable bonds is 6. The van der Waals surface area contributed by atoms with Crippen molar-refractivity contribution >= 4 is 34.2 Å². The Bertz CT molecular complexity index is 351. The van der Waals surface area contributed by atoms with Crippen molar-refractivity contribution in [3.05, 3.63) is 27.8 Å². The Hall–Kier alpha value is -0.780. The maximum absolute atomic E-state index is 11.6. The van der Waals surface area contributed by atoms with E-state index in [0.717, 1.165) is 18.5 Å². The third-order valence-corrected chi connectivity index (χ3v) is 3.15. The molecule has 94 valence electrons. The minimum absolute atomic E-state index is 0.0458. The van der Waals surface area contributed by atoms with Gasteiger partial charge < -0.3 is 10.6 Å². The van der Waals surface area contributed by atoms with Crippen LogP contribution in [-0.4, -0.2) is 18.5 Å². The maximum atomic E-state index is 11.6. The lowest BCUT2D eigenvalue weighted by atomic mass is 10.2. The molecule has 0 fully saturated rings. The monoisotopic (exact) mass is 346 g/mol. The summed E-state index contributed by atoms with van der Waals surface area (Å²) in [6.45, 7) is 4.48. The lowest BCUT2D eigenvalue weighted by molar-refractivity contribution is -0.120. The Morgan fingerprint density at radius 3 is 2.59 bits per heavy atom. The predicted molar refractivity (Wildman–Crippen MR) is 80.2 cm³/mol. The zero-order valence-electron chi connectivity index (χ0n) is 10.3. The molecule has 0 radical (unpaired) electrons. The van der Waals surface area contributed by atoms with E-state index < -0.39 is 0 Å². The van der Waals surface area contributed by atoms with E-state index in [9.17, 15) is 4.79 Å². The minimum atomic E-state index is 0.0458. The first kappa shape index (κ1) is 14.3. The van der Waals surface area contributed by atoms with Gasteiger partial charge in [-0.2, -0.15) is 0 Å². The number of benzene rings is 1. The zero-order valence-corrected chi connectivity index (χ0v) is 12.5.